The molecule has 2 aliphatic heterocycles. The third kappa shape index (κ3) is 4.10. The van der Waals surface area contributed by atoms with Gasteiger partial charge in [-0.15, -0.1) is 0 Å². The lowest BCUT2D eigenvalue weighted by Gasteiger charge is -2.40. The van der Waals surface area contributed by atoms with E-state index in [0.717, 1.165) is 19.3 Å². The molecule has 1 aromatic carbocycles. The number of carboxylic acid groups (broad SMARTS) is 1. The average Bonchev–Trinajstić information content (AvgIpc) is 2.77. The molecule has 1 unspecified atom stereocenters. The van der Waals surface area contributed by atoms with Crippen molar-refractivity contribution >= 4 is 17.6 Å². The molecule has 2 saturated heterocycles. The second-order valence-corrected chi connectivity index (χ2v) is 6.64. The zero-order valence-electron chi connectivity index (χ0n) is 14.2. The van der Waals surface area contributed by atoms with Gasteiger partial charge in [0.2, 0.25) is 5.91 Å². The van der Waals surface area contributed by atoms with E-state index in [1.807, 2.05) is 11.0 Å². The third-order valence-electron chi connectivity index (χ3n) is 5.03. The molecule has 2 aliphatic rings. The van der Waals surface area contributed by atoms with E-state index in [1.54, 1.807) is 12.1 Å². The molecule has 1 aromatic rings. The number of rotatable bonds is 4. The zero-order valence-corrected chi connectivity index (χ0v) is 14.2. The number of piperazine rings is 1. The average molecular weight is 349 g/mol. The predicted molar refractivity (Wildman–Crippen MR) is 92.0 cm³/mol. The molecule has 0 aliphatic carbocycles. The fraction of sp³-hybridized carbons (Fsp3) is 0.556. The maximum absolute atomic E-state index is 13.9. The summed E-state index contributed by atoms with van der Waals surface area (Å²) in [6.45, 7) is 2.94. The molecular formula is C18H24FN3O3. The van der Waals surface area contributed by atoms with E-state index in [0.29, 0.717) is 38.4 Å². The molecule has 0 spiro atoms. The number of anilines is 1. The highest BCUT2D eigenvalue weighted by Crippen LogP contribution is 2.23. The van der Waals surface area contributed by atoms with Crippen LogP contribution in [0.5, 0.6) is 0 Å². The van der Waals surface area contributed by atoms with Crippen LogP contribution in [0.25, 0.3) is 0 Å². The Labute approximate surface area is 146 Å². The topological polar surface area (TPSA) is 64.1 Å². The van der Waals surface area contributed by atoms with E-state index >= 15 is 0 Å². The van der Waals surface area contributed by atoms with Crippen LogP contribution in [0, 0.1) is 5.82 Å². The largest absolute Gasteiger partial charge is 0.480 e. The van der Waals surface area contributed by atoms with E-state index in [4.69, 9.17) is 5.11 Å². The van der Waals surface area contributed by atoms with Crippen LogP contribution in [0.1, 0.15) is 19.3 Å². The molecule has 0 radical (unpaired) electrons. The van der Waals surface area contributed by atoms with Gasteiger partial charge in [0, 0.05) is 32.7 Å². The number of hydrogen-bond donors (Lipinski definition) is 1. The lowest BCUT2D eigenvalue weighted by atomic mass is 10.1. The highest BCUT2D eigenvalue weighted by Gasteiger charge is 2.34. The summed E-state index contributed by atoms with van der Waals surface area (Å²) in [5, 5.41) is 9.01. The van der Waals surface area contributed by atoms with Crippen LogP contribution in [0.15, 0.2) is 24.3 Å². The van der Waals surface area contributed by atoms with Gasteiger partial charge in [-0.05, 0) is 31.4 Å². The van der Waals surface area contributed by atoms with Gasteiger partial charge >= 0.3 is 5.97 Å². The zero-order chi connectivity index (χ0) is 17.8. The Morgan fingerprint density at radius 2 is 1.84 bits per heavy atom. The highest BCUT2D eigenvalue weighted by atomic mass is 19.1. The van der Waals surface area contributed by atoms with Crippen molar-refractivity contribution in [2.75, 3.05) is 44.2 Å². The van der Waals surface area contributed by atoms with Crippen LogP contribution in [-0.2, 0) is 9.59 Å². The number of hydrogen-bond acceptors (Lipinski definition) is 4. The number of halogens is 1. The molecule has 1 amide bonds. The lowest BCUT2D eigenvalue weighted by Crippen LogP contribution is -2.55. The fourth-order valence-electron chi connectivity index (χ4n) is 3.73. The standard InChI is InChI=1S/C18H24FN3O3/c19-14-5-1-2-6-15(14)20-9-11-21(12-10-20)16-7-3-4-8-22(18(16)25)13-17(23)24/h1-2,5-6,16H,3-4,7-13H2,(H,23,24). The Bertz CT molecular complexity index is 632. The van der Waals surface area contributed by atoms with Crippen LogP contribution in [0.2, 0.25) is 0 Å². The molecule has 7 heteroatoms. The summed E-state index contributed by atoms with van der Waals surface area (Å²) in [4.78, 5) is 29.3. The van der Waals surface area contributed by atoms with E-state index in [2.05, 4.69) is 4.90 Å². The number of aliphatic carboxylic acids is 1. The van der Waals surface area contributed by atoms with Gasteiger partial charge < -0.3 is 14.9 Å². The predicted octanol–water partition coefficient (Wildman–Crippen LogP) is 1.41. The van der Waals surface area contributed by atoms with E-state index < -0.39 is 5.97 Å². The minimum atomic E-state index is -0.974. The first-order chi connectivity index (χ1) is 12.1. The van der Waals surface area contributed by atoms with Crippen LogP contribution >= 0.6 is 0 Å². The van der Waals surface area contributed by atoms with Crippen molar-refractivity contribution in [3.63, 3.8) is 0 Å². The van der Waals surface area contributed by atoms with E-state index in [9.17, 15) is 14.0 Å². The van der Waals surface area contributed by atoms with Gasteiger partial charge in [0.25, 0.3) is 0 Å². The first-order valence-corrected chi connectivity index (χ1v) is 8.80. The van der Waals surface area contributed by atoms with Crippen molar-refractivity contribution in [1.29, 1.82) is 0 Å². The van der Waals surface area contributed by atoms with Crippen molar-refractivity contribution in [3.8, 4) is 0 Å². The molecule has 6 nitrogen and oxygen atoms in total. The molecule has 2 fully saturated rings. The lowest BCUT2D eigenvalue weighted by molar-refractivity contribution is -0.146. The fourth-order valence-corrected chi connectivity index (χ4v) is 3.73. The molecule has 136 valence electrons. The van der Waals surface area contributed by atoms with Gasteiger partial charge in [-0.3, -0.25) is 14.5 Å². The van der Waals surface area contributed by atoms with E-state index in [-0.39, 0.29) is 24.3 Å². The van der Waals surface area contributed by atoms with Crippen molar-refractivity contribution in [3.05, 3.63) is 30.1 Å². The highest BCUT2D eigenvalue weighted by molar-refractivity contribution is 5.85. The summed E-state index contributed by atoms with van der Waals surface area (Å²) >= 11 is 0. The molecule has 25 heavy (non-hydrogen) atoms. The summed E-state index contributed by atoms with van der Waals surface area (Å²) in [6, 6.07) is 6.47. The molecule has 3 rings (SSSR count). The number of amides is 1. The quantitative estimate of drug-likeness (QED) is 0.891. The second-order valence-electron chi connectivity index (χ2n) is 6.64. The number of nitrogens with zero attached hydrogens (tertiary/aromatic N) is 3. The summed E-state index contributed by atoms with van der Waals surface area (Å²) < 4.78 is 13.9. The summed E-state index contributed by atoms with van der Waals surface area (Å²) in [6.07, 6.45) is 2.51. The number of carboxylic acids is 1. The maximum atomic E-state index is 13.9. The number of carbonyl (C=O) groups excluding carboxylic acids is 1. The first kappa shape index (κ1) is 17.7. The van der Waals surface area contributed by atoms with Gasteiger partial charge in [0.1, 0.15) is 12.4 Å². The van der Waals surface area contributed by atoms with E-state index in [1.165, 1.54) is 11.0 Å². The smallest absolute Gasteiger partial charge is 0.323 e. The molecule has 2 heterocycles. The van der Waals surface area contributed by atoms with Crippen LogP contribution in [-0.4, -0.2) is 72.1 Å². The van der Waals surface area contributed by atoms with Crippen LogP contribution in [0.3, 0.4) is 0 Å². The Kier molecular flexibility index (Phi) is 5.53. The molecule has 0 aromatic heterocycles. The minimum absolute atomic E-state index is 0.0840. The Hall–Kier alpha value is -2.15. The summed E-state index contributed by atoms with van der Waals surface area (Å²) in [7, 11) is 0. The Morgan fingerprint density at radius 3 is 2.52 bits per heavy atom. The van der Waals surface area contributed by atoms with Crippen LogP contribution < -0.4 is 4.90 Å². The third-order valence-corrected chi connectivity index (χ3v) is 5.03. The minimum Gasteiger partial charge on any atom is -0.480 e. The molecule has 0 bridgehead atoms. The van der Waals surface area contributed by atoms with Gasteiger partial charge in [0.05, 0.1) is 11.7 Å². The maximum Gasteiger partial charge on any atom is 0.323 e. The van der Waals surface area contributed by atoms with Crippen molar-refractivity contribution < 1.29 is 19.1 Å². The molecule has 1 atom stereocenters. The van der Waals surface area contributed by atoms with Crippen LogP contribution in [0.4, 0.5) is 10.1 Å². The number of likely N-dealkylation sites (tertiary alicyclic amines) is 1. The number of carbonyl (C=O) groups is 2. The van der Waals surface area contributed by atoms with Gasteiger partial charge in [-0.1, -0.05) is 12.1 Å². The van der Waals surface area contributed by atoms with Crippen molar-refractivity contribution in [1.82, 2.24) is 9.80 Å². The Balaban J connectivity index is 1.64. The van der Waals surface area contributed by atoms with Gasteiger partial charge in [0.15, 0.2) is 0 Å². The van der Waals surface area contributed by atoms with Gasteiger partial charge in [-0.25, -0.2) is 4.39 Å². The Morgan fingerprint density at radius 1 is 1.12 bits per heavy atom. The SMILES string of the molecule is O=C(O)CN1CCCCC(N2CCN(c3ccccc3F)CC2)C1=O. The molecule has 0 saturated carbocycles. The number of benzene rings is 1. The second kappa shape index (κ2) is 7.82. The van der Waals surface area contributed by atoms with Crippen molar-refractivity contribution in [2.45, 2.75) is 25.3 Å². The summed E-state index contributed by atoms with van der Waals surface area (Å²) in [5.74, 6) is -1.29. The molecular weight excluding hydrogens is 325 g/mol. The summed E-state index contributed by atoms with van der Waals surface area (Å²) in [5.41, 5.74) is 0.599. The monoisotopic (exact) mass is 349 g/mol. The number of para-hydroxylation sites is 1. The molecule has 1 N–H and O–H groups in total. The first-order valence-electron chi connectivity index (χ1n) is 8.80. The van der Waals surface area contributed by atoms with Crippen molar-refractivity contribution in [2.24, 2.45) is 0 Å². The normalized spacial score (nSPS) is 22.8. The van der Waals surface area contributed by atoms with Gasteiger partial charge in [-0.2, -0.15) is 0 Å².